The summed E-state index contributed by atoms with van der Waals surface area (Å²) in [5.41, 5.74) is 7.50. The molecule has 1 aliphatic rings. The number of halogens is 1. The Bertz CT molecular complexity index is 1310. The number of benzene rings is 3. The minimum absolute atomic E-state index is 0.252. The van der Waals surface area contributed by atoms with E-state index < -0.39 is 0 Å². The molecule has 1 aliphatic heterocycles. The quantitative estimate of drug-likeness (QED) is 0.482. The van der Waals surface area contributed by atoms with Crippen molar-refractivity contribution in [2.45, 2.75) is 34.6 Å². The molecular weight excluding hydrogens is 420 g/mol. The molecule has 0 saturated heterocycles. The smallest absolute Gasteiger partial charge is 0.282 e. The van der Waals surface area contributed by atoms with Crippen molar-refractivity contribution in [3.05, 3.63) is 98.7 Å². The normalized spacial score (nSPS) is 13.9. The number of nitrogens with zero attached hydrogens (tertiary/aromatic N) is 1. The van der Waals surface area contributed by atoms with Gasteiger partial charge in [-0.2, -0.15) is 0 Å². The maximum absolute atomic E-state index is 13.7. The van der Waals surface area contributed by atoms with Gasteiger partial charge >= 0.3 is 0 Å². The van der Waals surface area contributed by atoms with E-state index in [1.807, 2.05) is 83.1 Å². The lowest BCUT2D eigenvalue weighted by molar-refractivity contribution is -0.120. The first-order chi connectivity index (χ1) is 15.2. The molecule has 0 aromatic heterocycles. The lowest BCUT2D eigenvalue weighted by Gasteiger charge is -2.18. The molecule has 4 nitrogen and oxygen atoms in total. The molecule has 2 amide bonds. The Morgan fingerprint density at radius 1 is 0.719 bits per heavy atom. The van der Waals surface area contributed by atoms with Crippen molar-refractivity contribution in [3.63, 3.8) is 0 Å². The molecule has 0 bridgehead atoms. The van der Waals surface area contributed by atoms with Crippen molar-refractivity contribution in [2.24, 2.45) is 0 Å². The van der Waals surface area contributed by atoms with Crippen molar-refractivity contribution in [2.75, 3.05) is 10.2 Å². The second kappa shape index (κ2) is 8.29. The van der Waals surface area contributed by atoms with E-state index in [1.165, 1.54) is 4.90 Å². The zero-order valence-electron chi connectivity index (χ0n) is 18.8. The Labute approximate surface area is 193 Å². The average Bonchev–Trinajstić information content (AvgIpc) is 2.95. The summed E-state index contributed by atoms with van der Waals surface area (Å²) < 4.78 is 0. The number of carbonyl (C=O) groups excluding carboxylic acids is 2. The molecule has 0 radical (unpaired) electrons. The van der Waals surface area contributed by atoms with Gasteiger partial charge in [-0.25, -0.2) is 4.90 Å². The van der Waals surface area contributed by atoms with E-state index in [0.717, 1.165) is 33.4 Å². The molecule has 0 atom stereocenters. The van der Waals surface area contributed by atoms with Crippen LogP contribution in [0.15, 0.2) is 60.3 Å². The first kappa shape index (κ1) is 21.8. The Morgan fingerprint density at radius 3 is 2.00 bits per heavy atom. The van der Waals surface area contributed by atoms with Crippen molar-refractivity contribution >= 4 is 40.4 Å². The monoisotopic (exact) mass is 444 g/mol. The average molecular weight is 445 g/mol. The number of anilines is 2. The van der Waals surface area contributed by atoms with Gasteiger partial charge in [-0.1, -0.05) is 59.1 Å². The molecule has 0 fully saturated rings. The van der Waals surface area contributed by atoms with Crippen LogP contribution in [0.5, 0.6) is 0 Å². The van der Waals surface area contributed by atoms with Gasteiger partial charge in [0.25, 0.3) is 11.8 Å². The van der Waals surface area contributed by atoms with Crippen molar-refractivity contribution < 1.29 is 9.59 Å². The summed E-state index contributed by atoms with van der Waals surface area (Å²) in [4.78, 5) is 28.6. The van der Waals surface area contributed by atoms with E-state index >= 15 is 0 Å². The van der Waals surface area contributed by atoms with E-state index in [4.69, 9.17) is 11.6 Å². The molecule has 5 heteroatoms. The molecule has 0 unspecified atom stereocenters. The van der Waals surface area contributed by atoms with Crippen molar-refractivity contribution in [1.29, 1.82) is 0 Å². The number of nitrogens with one attached hydrogen (secondary N) is 1. The third-order valence-electron chi connectivity index (χ3n) is 5.77. The molecule has 0 aliphatic carbocycles. The fourth-order valence-corrected chi connectivity index (χ4v) is 4.26. The first-order valence-electron chi connectivity index (χ1n) is 10.5. The summed E-state index contributed by atoms with van der Waals surface area (Å²) in [6, 6.07) is 17.1. The maximum Gasteiger partial charge on any atom is 0.282 e. The SMILES string of the molecule is Cc1ccc(C2=C(Nc3ccc(C)c(Cl)c3)C(=O)N(c3ccc(C)cc3C)C2=O)c(C)c1. The second-order valence-corrected chi connectivity index (χ2v) is 8.80. The topological polar surface area (TPSA) is 49.4 Å². The van der Waals surface area contributed by atoms with E-state index in [-0.39, 0.29) is 17.5 Å². The standard InChI is InChI=1S/C27H25ClN2O2/c1-15-6-10-21(18(4)12-15)24-25(29-20-9-8-17(3)22(28)14-20)27(32)30(26(24)31)23-11-7-16(2)13-19(23)5/h6-14,29H,1-5H3. The zero-order chi connectivity index (χ0) is 23.2. The molecule has 162 valence electrons. The van der Waals surface area contributed by atoms with Crippen LogP contribution in [0.4, 0.5) is 11.4 Å². The Kier molecular flexibility index (Phi) is 5.66. The largest absolute Gasteiger partial charge is 0.350 e. The first-order valence-corrected chi connectivity index (χ1v) is 10.9. The number of amides is 2. The van der Waals surface area contributed by atoms with Gasteiger partial charge in [-0.3, -0.25) is 9.59 Å². The van der Waals surface area contributed by atoms with Crippen LogP contribution in [0.1, 0.15) is 33.4 Å². The van der Waals surface area contributed by atoms with Crippen LogP contribution in [0, 0.1) is 34.6 Å². The summed E-state index contributed by atoms with van der Waals surface area (Å²) >= 11 is 6.30. The van der Waals surface area contributed by atoms with Crippen LogP contribution in [0.3, 0.4) is 0 Å². The fourth-order valence-electron chi connectivity index (χ4n) is 4.08. The molecule has 32 heavy (non-hydrogen) atoms. The minimum atomic E-state index is -0.381. The van der Waals surface area contributed by atoms with Gasteiger partial charge in [0.1, 0.15) is 5.70 Å². The second-order valence-electron chi connectivity index (χ2n) is 8.39. The van der Waals surface area contributed by atoms with Gasteiger partial charge in [-0.15, -0.1) is 0 Å². The lowest BCUT2D eigenvalue weighted by Crippen LogP contribution is -2.33. The molecule has 1 heterocycles. The number of aryl methyl sites for hydroxylation is 5. The number of imide groups is 1. The van der Waals surface area contributed by atoms with Crippen LogP contribution in [-0.2, 0) is 9.59 Å². The number of rotatable bonds is 4. The predicted octanol–water partition coefficient (Wildman–Crippen LogP) is 6.28. The maximum atomic E-state index is 13.7. The number of carbonyl (C=O) groups is 2. The van der Waals surface area contributed by atoms with Gasteiger partial charge in [0.2, 0.25) is 0 Å². The van der Waals surface area contributed by atoms with E-state index in [9.17, 15) is 9.59 Å². The van der Waals surface area contributed by atoms with E-state index in [0.29, 0.717) is 22.0 Å². The highest BCUT2D eigenvalue weighted by atomic mass is 35.5. The highest BCUT2D eigenvalue weighted by Gasteiger charge is 2.41. The van der Waals surface area contributed by atoms with Gasteiger partial charge in [0.15, 0.2) is 0 Å². The Balaban J connectivity index is 1.88. The van der Waals surface area contributed by atoms with Crippen LogP contribution in [-0.4, -0.2) is 11.8 Å². The molecule has 4 rings (SSSR count). The summed E-state index contributed by atoms with van der Waals surface area (Å²) in [5.74, 6) is -0.719. The van der Waals surface area contributed by atoms with E-state index in [2.05, 4.69) is 5.32 Å². The van der Waals surface area contributed by atoms with E-state index in [1.54, 1.807) is 6.07 Å². The lowest BCUT2D eigenvalue weighted by atomic mass is 9.97. The van der Waals surface area contributed by atoms with Crippen molar-refractivity contribution in [1.82, 2.24) is 0 Å². The number of hydrogen-bond donors (Lipinski definition) is 1. The van der Waals surface area contributed by atoms with Crippen LogP contribution in [0.2, 0.25) is 5.02 Å². The molecule has 1 N–H and O–H groups in total. The van der Waals surface area contributed by atoms with Crippen molar-refractivity contribution in [3.8, 4) is 0 Å². The van der Waals surface area contributed by atoms with Crippen LogP contribution in [0.25, 0.3) is 5.57 Å². The highest BCUT2D eigenvalue weighted by molar-refractivity contribution is 6.46. The highest BCUT2D eigenvalue weighted by Crippen LogP contribution is 2.37. The third-order valence-corrected chi connectivity index (χ3v) is 6.18. The molecule has 0 spiro atoms. The fraction of sp³-hybridized carbons (Fsp3) is 0.185. The van der Waals surface area contributed by atoms with Gasteiger partial charge < -0.3 is 5.32 Å². The summed E-state index contributed by atoms with van der Waals surface area (Å²) in [6.07, 6.45) is 0. The van der Waals surface area contributed by atoms with Gasteiger partial charge in [0, 0.05) is 10.7 Å². The third kappa shape index (κ3) is 3.82. The van der Waals surface area contributed by atoms with Crippen LogP contribution >= 0.6 is 11.6 Å². The van der Waals surface area contributed by atoms with Crippen LogP contribution < -0.4 is 10.2 Å². The molecule has 3 aromatic carbocycles. The summed E-state index contributed by atoms with van der Waals surface area (Å²) in [5, 5.41) is 3.78. The van der Waals surface area contributed by atoms with Gasteiger partial charge in [-0.05, 0) is 75.1 Å². The Hall–Kier alpha value is -3.37. The number of hydrogen-bond acceptors (Lipinski definition) is 3. The predicted molar refractivity (Wildman–Crippen MR) is 131 cm³/mol. The minimum Gasteiger partial charge on any atom is -0.350 e. The summed E-state index contributed by atoms with van der Waals surface area (Å²) in [6.45, 7) is 9.76. The van der Waals surface area contributed by atoms with Gasteiger partial charge in [0.05, 0.1) is 11.3 Å². The zero-order valence-corrected chi connectivity index (χ0v) is 19.6. The molecular formula is C27H25ClN2O2. The Morgan fingerprint density at radius 2 is 1.38 bits per heavy atom. The molecule has 0 saturated carbocycles. The summed E-state index contributed by atoms with van der Waals surface area (Å²) in [7, 11) is 0. The molecule has 3 aromatic rings.